The highest BCUT2D eigenvalue weighted by Crippen LogP contribution is 2.20. The van der Waals surface area contributed by atoms with Crippen molar-refractivity contribution in [3.63, 3.8) is 0 Å². The molecule has 0 bridgehead atoms. The molecule has 9 nitrogen and oxygen atoms in total. The Morgan fingerprint density at radius 1 is 1.25 bits per heavy atom. The Hall–Kier alpha value is -2.81. The van der Waals surface area contributed by atoms with Gasteiger partial charge >= 0.3 is 5.69 Å². The van der Waals surface area contributed by atoms with Crippen LogP contribution in [0.25, 0.3) is 0 Å². The monoisotopic (exact) mass is 444 g/mol. The van der Waals surface area contributed by atoms with Gasteiger partial charge < -0.3 is 20.1 Å². The molecule has 176 valence electrons. The Labute approximate surface area is 189 Å². The molecule has 0 spiro atoms. The molecule has 2 aromatic rings. The predicted octanol–water partition coefficient (Wildman–Crippen LogP) is 1.86. The quantitative estimate of drug-likeness (QED) is 0.312. The zero-order chi connectivity index (χ0) is 22.8. The lowest BCUT2D eigenvalue weighted by Crippen LogP contribution is -2.38. The Bertz CT molecular complexity index is 950. The first-order valence-corrected chi connectivity index (χ1v) is 11.5. The van der Waals surface area contributed by atoms with Crippen LogP contribution in [0.3, 0.4) is 0 Å². The molecule has 0 saturated heterocycles. The summed E-state index contributed by atoms with van der Waals surface area (Å²) in [5, 5.41) is 11.1. The Kier molecular flexibility index (Phi) is 9.15. The van der Waals surface area contributed by atoms with Gasteiger partial charge in [0.1, 0.15) is 18.2 Å². The number of benzene rings is 1. The molecule has 1 aliphatic heterocycles. The second-order valence-electron chi connectivity index (χ2n) is 7.89. The van der Waals surface area contributed by atoms with Crippen molar-refractivity contribution < 1.29 is 9.47 Å². The van der Waals surface area contributed by atoms with Crippen LogP contribution in [0.15, 0.2) is 28.0 Å². The Morgan fingerprint density at radius 2 is 2.12 bits per heavy atom. The molecule has 2 heterocycles. The largest absolute Gasteiger partial charge is 0.491 e. The van der Waals surface area contributed by atoms with Crippen molar-refractivity contribution in [2.24, 2.45) is 4.99 Å². The zero-order valence-electron chi connectivity index (χ0n) is 19.5. The van der Waals surface area contributed by atoms with Crippen LogP contribution in [0.1, 0.15) is 43.1 Å². The molecular formula is C23H36N6O3. The summed E-state index contributed by atoms with van der Waals surface area (Å²) in [4.78, 5) is 16.7. The van der Waals surface area contributed by atoms with E-state index in [4.69, 9.17) is 9.47 Å². The molecule has 3 rings (SSSR count). The molecule has 0 atom stereocenters. The average Bonchev–Trinajstić information content (AvgIpc) is 3.13. The number of aliphatic imine (C=N–C) groups is 1. The van der Waals surface area contributed by atoms with E-state index in [0.29, 0.717) is 45.4 Å². The maximum Gasteiger partial charge on any atom is 0.345 e. The van der Waals surface area contributed by atoms with Crippen LogP contribution in [0.2, 0.25) is 0 Å². The van der Waals surface area contributed by atoms with E-state index in [0.717, 1.165) is 54.9 Å². The first-order valence-electron chi connectivity index (χ1n) is 11.5. The molecule has 0 saturated carbocycles. The zero-order valence-corrected chi connectivity index (χ0v) is 19.5. The van der Waals surface area contributed by atoms with Crippen molar-refractivity contribution >= 4 is 5.96 Å². The topological polar surface area (TPSA) is 94.7 Å². The molecule has 1 aromatic carbocycles. The first-order chi connectivity index (χ1) is 15.6. The lowest BCUT2D eigenvalue weighted by molar-refractivity contribution is 0.110. The molecule has 32 heavy (non-hydrogen) atoms. The molecule has 0 fully saturated rings. The summed E-state index contributed by atoms with van der Waals surface area (Å²) >= 11 is 0. The van der Waals surface area contributed by atoms with Gasteiger partial charge in [-0.15, -0.1) is 0 Å². The van der Waals surface area contributed by atoms with Crippen LogP contribution in [0.5, 0.6) is 5.75 Å². The highest BCUT2D eigenvalue weighted by Gasteiger charge is 2.16. The molecular weight excluding hydrogens is 408 g/mol. The van der Waals surface area contributed by atoms with Crippen LogP contribution < -0.4 is 21.1 Å². The maximum atomic E-state index is 12.4. The fourth-order valence-corrected chi connectivity index (χ4v) is 3.73. The SMILES string of the molecule is CCOCCOc1cc(C)ccc1CNC(=NC)NCCCn1nc2n(c1=O)CCCC2. The number of nitrogens with one attached hydrogen (secondary N) is 2. The minimum Gasteiger partial charge on any atom is -0.491 e. The Balaban J connectivity index is 1.45. The van der Waals surface area contributed by atoms with Gasteiger partial charge in [0.05, 0.1) is 6.61 Å². The smallest absolute Gasteiger partial charge is 0.345 e. The molecule has 1 aliphatic rings. The van der Waals surface area contributed by atoms with Crippen LogP contribution in [-0.2, 0) is 30.8 Å². The molecule has 1 aromatic heterocycles. The second kappa shape index (κ2) is 12.3. The first kappa shape index (κ1) is 23.8. The van der Waals surface area contributed by atoms with E-state index in [-0.39, 0.29) is 5.69 Å². The van der Waals surface area contributed by atoms with Gasteiger partial charge in [-0.05, 0) is 44.7 Å². The third-order valence-corrected chi connectivity index (χ3v) is 5.45. The van der Waals surface area contributed by atoms with E-state index in [1.807, 2.05) is 17.6 Å². The second-order valence-corrected chi connectivity index (χ2v) is 7.89. The van der Waals surface area contributed by atoms with Crippen molar-refractivity contribution in [2.75, 3.05) is 33.4 Å². The van der Waals surface area contributed by atoms with E-state index in [1.165, 1.54) is 0 Å². The van der Waals surface area contributed by atoms with Gasteiger partial charge in [0.25, 0.3) is 0 Å². The van der Waals surface area contributed by atoms with Crippen LogP contribution >= 0.6 is 0 Å². The van der Waals surface area contributed by atoms with Gasteiger partial charge in [-0.25, -0.2) is 9.48 Å². The number of guanidine groups is 1. The number of aromatic nitrogens is 3. The number of hydrogen-bond acceptors (Lipinski definition) is 5. The van der Waals surface area contributed by atoms with E-state index in [2.05, 4.69) is 39.8 Å². The van der Waals surface area contributed by atoms with Crippen LogP contribution in [0, 0.1) is 6.92 Å². The molecule has 0 radical (unpaired) electrons. The standard InChI is InChI=1S/C23H36N6O3/c1-4-31-14-15-32-20-16-18(2)9-10-19(20)17-26-22(24-3)25-11-7-13-29-23(30)28-12-6-5-8-21(28)27-29/h9-10,16H,4-8,11-15,17H2,1-3H3,(H2,24,25,26). The summed E-state index contributed by atoms with van der Waals surface area (Å²) in [6.45, 7) is 8.48. The van der Waals surface area contributed by atoms with Crippen molar-refractivity contribution in [1.82, 2.24) is 25.0 Å². The minimum absolute atomic E-state index is 0.0124. The summed E-state index contributed by atoms with van der Waals surface area (Å²) in [7, 11) is 1.75. The van der Waals surface area contributed by atoms with Crippen LogP contribution in [-0.4, -0.2) is 53.7 Å². The van der Waals surface area contributed by atoms with Crippen molar-refractivity contribution in [2.45, 2.75) is 59.2 Å². The molecule has 2 N–H and O–H groups in total. The number of rotatable bonds is 11. The van der Waals surface area contributed by atoms with Gasteiger partial charge in [-0.2, -0.15) is 5.10 Å². The van der Waals surface area contributed by atoms with Gasteiger partial charge in [0.2, 0.25) is 0 Å². The minimum atomic E-state index is 0.0124. The van der Waals surface area contributed by atoms with Crippen LogP contribution in [0.4, 0.5) is 0 Å². The highest BCUT2D eigenvalue weighted by atomic mass is 16.5. The van der Waals surface area contributed by atoms with Gasteiger partial charge in [-0.1, -0.05) is 12.1 Å². The van der Waals surface area contributed by atoms with E-state index < -0.39 is 0 Å². The van der Waals surface area contributed by atoms with Gasteiger partial charge in [-0.3, -0.25) is 9.56 Å². The average molecular weight is 445 g/mol. The summed E-state index contributed by atoms with van der Waals surface area (Å²) in [5.74, 6) is 2.49. The molecule has 9 heteroatoms. The Morgan fingerprint density at radius 3 is 2.91 bits per heavy atom. The fraction of sp³-hybridized carbons (Fsp3) is 0.609. The molecule has 0 aliphatic carbocycles. The van der Waals surface area contributed by atoms with Crippen molar-refractivity contribution in [3.8, 4) is 5.75 Å². The summed E-state index contributed by atoms with van der Waals surface area (Å²) in [6.07, 6.45) is 3.85. The van der Waals surface area contributed by atoms with E-state index in [1.54, 1.807) is 11.7 Å². The third-order valence-electron chi connectivity index (χ3n) is 5.45. The number of nitrogens with zero attached hydrogens (tertiary/aromatic N) is 4. The summed E-state index contributed by atoms with van der Waals surface area (Å²) in [6, 6.07) is 6.19. The fourth-order valence-electron chi connectivity index (χ4n) is 3.73. The van der Waals surface area contributed by atoms with Gasteiger partial charge in [0.15, 0.2) is 5.96 Å². The molecule has 0 amide bonds. The predicted molar refractivity (Wildman–Crippen MR) is 125 cm³/mol. The number of aryl methyl sites for hydroxylation is 3. The summed E-state index contributed by atoms with van der Waals surface area (Å²) in [5.41, 5.74) is 2.22. The van der Waals surface area contributed by atoms with E-state index >= 15 is 0 Å². The lowest BCUT2D eigenvalue weighted by atomic mass is 10.1. The number of fused-ring (bicyclic) bond motifs is 1. The normalized spacial score (nSPS) is 13.7. The highest BCUT2D eigenvalue weighted by molar-refractivity contribution is 5.79. The third kappa shape index (κ3) is 6.59. The van der Waals surface area contributed by atoms with Crippen molar-refractivity contribution in [3.05, 3.63) is 45.6 Å². The van der Waals surface area contributed by atoms with E-state index in [9.17, 15) is 4.79 Å². The number of ether oxygens (including phenoxy) is 2. The maximum absolute atomic E-state index is 12.4. The lowest BCUT2D eigenvalue weighted by Gasteiger charge is -2.15. The summed E-state index contributed by atoms with van der Waals surface area (Å²) < 4.78 is 14.7. The van der Waals surface area contributed by atoms with Crippen molar-refractivity contribution in [1.29, 1.82) is 0 Å². The molecule has 0 unspecified atom stereocenters. The number of hydrogen-bond donors (Lipinski definition) is 2. The van der Waals surface area contributed by atoms with Gasteiger partial charge in [0, 0.05) is 51.8 Å².